The average Bonchev–Trinajstić information content (AvgIpc) is 2.66. The van der Waals surface area contributed by atoms with Crippen LogP contribution in [0, 0.1) is 6.92 Å². The number of hydrogen-bond donors (Lipinski definition) is 1. The van der Waals surface area contributed by atoms with Crippen molar-refractivity contribution in [1.82, 2.24) is 5.32 Å². The summed E-state index contributed by atoms with van der Waals surface area (Å²) in [6.45, 7) is 4.28. The molecule has 0 saturated heterocycles. The SMILES string of the molecule is CCC(C(=O)OCC(=O)NCCSc1ccc(C)cc1)c1ccccc1. The first-order valence-corrected chi connectivity index (χ1v) is 9.76. The van der Waals surface area contributed by atoms with E-state index in [0.29, 0.717) is 13.0 Å². The maximum atomic E-state index is 12.2. The summed E-state index contributed by atoms with van der Waals surface area (Å²) in [5, 5.41) is 2.78. The minimum atomic E-state index is -0.358. The van der Waals surface area contributed by atoms with Gasteiger partial charge in [-0.1, -0.05) is 55.0 Å². The van der Waals surface area contributed by atoms with Crippen molar-refractivity contribution in [1.29, 1.82) is 0 Å². The lowest BCUT2D eigenvalue weighted by Crippen LogP contribution is -2.31. The number of nitrogens with one attached hydrogen (secondary N) is 1. The fourth-order valence-electron chi connectivity index (χ4n) is 2.51. The first-order chi connectivity index (χ1) is 12.6. The quantitative estimate of drug-likeness (QED) is 0.412. The van der Waals surface area contributed by atoms with E-state index >= 15 is 0 Å². The summed E-state index contributed by atoms with van der Waals surface area (Å²) < 4.78 is 5.18. The number of aryl methyl sites for hydroxylation is 1. The highest BCUT2D eigenvalue weighted by molar-refractivity contribution is 7.99. The van der Waals surface area contributed by atoms with Crippen LogP contribution in [0.25, 0.3) is 0 Å². The van der Waals surface area contributed by atoms with Crippen LogP contribution in [0.2, 0.25) is 0 Å². The van der Waals surface area contributed by atoms with Crippen molar-refractivity contribution in [3.63, 3.8) is 0 Å². The van der Waals surface area contributed by atoms with Gasteiger partial charge in [-0.05, 0) is 31.0 Å². The van der Waals surface area contributed by atoms with Crippen LogP contribution < -0.4 is 5.32 Å². The second-order valence-electron chi connectivity index (χ2n) is 5.99. The van der Waals surface area contributed by atoms with Crippen LogP contribution in [0.1, 0.15) is 30.4 Å². The number of carbonyl (C=O) groups is 2. The van der Waals surface area contributed by atoms with Gasteiger partial charge in [0.1, 0.15) is 0 Å². The van der Waals surface area contributed by atoms with Crippen molar-refractivity contribution in [3.8, 4) is 0 Å². The predicted octanol–water partition coefficient (Wildman–Crippen LogP) is 3.94. The van der Waals surface area contributed by atoms with E-state index in [9.17, 15) is 9.59 Å². The Labute approximate surface area is 159 Å². The summed E-state index contributed by atoms with van der Waals surface area (Å²) >= 11 is 1.68. The third kappa shape index (κ3) is 6.56. The smallest absolute Gasteiger partial charge is 0.313 e. The maximum Gasteiger partial charge on any atom is 0.313 e. The Balaban J connectivity index is 1.67. The molecule has 4 nitrogen and oxygen atoms in total. The van der Waals surface area contributed by atoms with Crippen LogP contribution >= 0.6 is 11.8 Å². The molecule has 2 rings (SSSR count). The Morgan fingerprint density at radius 1 is 1.08 bits per heavy atom. The number of esters is 1. The zero-order valence-electron chi connectivity index (χ0n) is 15.2. The molecule has 1 unspecified atom stereocenters. The van der Waals surface area contributed by atoms with Gasteiger partial charge >= 0.3 is 5.97 Å². The van der Waals surface area contributed by atoms with E-state index in [-0.39, 0.29) is 24.4 Å². The lowest BCUT2D eigenvalue weighted by atomic mass is 9.97. The normalized spacial score (nSPS) is 11.6. The first-order valence-electron chi connectivity index (χ1n) is 8.78. The van der Waals surface area contributed by atoms with E-state index < -0.39 is 0 Å². The molecule has 2 aromatic rings. The van der Waals surface area contributed by atoms with Crippen LogP contribution in [0.15, 0.2) is 59.5 Å². The van der Waals surface area contributed by atoms with Crippen molar-refractivity contribution in [2.75, 3.05) is 18.9 Å². The van der Waals surface area contributed by atoms with Crippen LogP contribution in [0.4, 0.5) is 0 Å². The standard InChI is InChI=1S/C21H25NO3S/c1-3-19(17-7-5-4-6-8-17)21(24)25-15-20(23)22-13-14-26-18-11-9-16(2)10-12-18/h4-12,19H,3,13-15H2,1-2H3,(H,22,23). The lowest BCUT2D eigenvalue weighted by Gasteiger charge is -2.14. The molecule has 0 aliphatic carbocycles. The zero-order chi connectivity index (χ0) is 18.8. The largest absolute Gasteiger partial charge is 0.455 e. The van der Waals surface area contributed by atoms with Gasteiger partial charge in [0.2, 0.25) is 0 Å². The van der Waals surface area contributed by atoms with E-state index in [2.05, 4.69) is 36.5 Å². The van der Waals surface area contributed by atoms with Gasteiger partial charge in [0, 0.05) is 17.2 Å². The molecule has 138 valence electrons. The highest BCUT2D eigenvalue weighted by Crippen LogP contribution is 2.20. The number of benzene rings is 2. The average molecular weight is 372 g/mol. The number of thioether (sulfide) groups is 1. The van der Waals surface area contributed by atoms with Gasteiger partial charge in [0.15, 0.2) is 6.61 Å². The molecule has 1 N–H and O–H groups in total. The molecule has 0 bridgehead atoms. The number of rotatable bonds is 9. The van der Waals surface area contributed by atoms with E-state index in [4.69, 9.17) is 4.74 Å². The highest BCUT2D eigenvalue weighted by Gasteiger charge is 2.20. The van der Waals surface area contributed by atoms with Crippen LogP contribution in [0.3, 0.4) is 0 Å². The van der Waals surface area contributed by atoms with Crippen molar-refractivity contribution in [2.45, 2.75) is 31.1 Å². The van der Waals surface area contributed by atoms with Gasteiger partial charge in [-0.25, -0.2) is 0 Å². The van der Waals surface area contributed by atoms with E-state index in [1.54, 1.807) is 11.8 Å². The van der Waals surface area contributed by atoms with E-state index in [1.807, 2.05) is 37.3 Å². The van der Waals surface area contributed by atoms with Crippen molar-refractivity contribution in [3.05, 3.63) is 65.7 Å². The molecule has 1 amide bonds. The minimum absolute atomic E-state index is 0.239. The van der Waals surface area contributed by atoms with Gasteiger partial charge in [0.05, 0.1) is 5.92 Å². The molecule has 0 aliphatic rings. The molecule has 0 fully saturated rings. The summed E-state index contributed by atoms with van der Waals surface area (Å²) in [5.41, 5.74) is 2.14. The summed E-state index contributed by atoms with van der Waals surface area (Å²) in [6.07, 6.45) is 0.637. The van der Waals surface area contributed by atoms with Gasteiger partial charge in [-0.2, -0.15) is 0 Å². The zero-order valence-corrected chi connectivity index (χ0v) is 16.1. The highest BCUT2D eigenvalue weighted by atomic mass is 32.2. The predicted molar refractivity (Wildman–Crippen MR) is 105 cm³/mol. The van der Waals surface area contributed by atoms with Crippen LogP contribution in [-0.2, 0) is 14.3 Å². The third-order valence-electron chi connectivity index (χ3n) is 3.95. The van der Waals surface area contributed by atoms with Crippen LogP contribution in [0.5, 0.6) is 0 Å². The fraction of sp³-hybridized carbons (Fsp3) is 0.333. The molecule has 26 heavy (non-hydrogen) atoms. The van der Waals surface area contributed by atoms with Crippen molar-refractivity contribution >= 4 is 23.6 Å². The van der Waals surface area contributed by atoms with Crippen molar-refractivity contribution < 1.29 is 14.3 Å². The molecule has 1 atom stereocenters. The molecule has 0 aromatic heterocycles. The molecular formula is C21H25NO3S. The Morgan fingerprint density at radius 3 is 2.42 bits per heavy atom. The number of carbonyl (C=O) groups excluding carboxylic acids is 2. The molecule has 0 spiro atoms. The number of hydrogen-bond acceptors (Lipinski definition) is 4. The second-order valence-corrected chi connectivity index (χ2v) is 7.16. The Morgan fingerprint density at radius 2 is 1.77 bits per heavy atom. The summed E-state index contributed by atoms with van der Waals surface area (Å²) in [6, 6.07) is 17.8. The monoisotopic (exact) mass is 371 g/mol. The maximum absolute atomic E-state index is 12.2. The lowest BCUT2D eigenvalue weighted by molar-refractivity contribution is -0.150. The molecular weight excluding hydrogens is 346 g/mol. The van der Waals surface area contributed by atoms with Crippen molar-refractivity contribution in [2.24, 2.45) is 0 Å². The summed E-state index contributed by atoms with van der Waals surface area (Å²) in [7, 11) is 0. The fourth-order valence-corrected chi connectivity index (χ4v) is 3.27. The molecule has 5 heteroatoms. The minimum Gasteiger partial charge on any atom is -0.455 e. The number of ether oxygens (including phenoxy) is 1. The molecule has 0 radical (unpaired) electrons. The van der Waals surface area contributed by atoms with Gasteiger partial charge < -0.3 is 10.1 Å². The third-order valence-corrected chi connectivity index (χ3v) is 4.97. The first kappa shape index (κ1) is 20.0. The molecule has 0 aliphatic heterocycles. The molecule has 2 aromatic carbocycles. The van der Waals surface area contributed by atoms with Gasteiger partial charge in [-0.15, -0.1) is 11.8 Å². The topological polar surface area (TPSA) is 55.4 Å². The molecule has 0 saturated carbocycles. The van der Waals surface area contributed by atoms with E-state index in [0.717, 1.165) is 11.3 Å². The summed E-state index contributed by atoms with van der Waals surface area (Å²) in [5.74, 6) is -0.195. The Hall–Kier alpha value is -2.27. The Kier molecular flexibility index (Phi) is 8.22. The Bertz CT molecular complexity index is 701. The second kappa shape index (κ2) is 10.7. The number of amides is 1. The molecule has 0 heterocycles. The van der Waals surface area contributed by atoms with Gasteiger partial charge in [0.25, 0.3) is 5.91 Å². The van der Waals surface area contributed by atoms with E-state index in [1.165, 1.54) is 10.5 Å². The summed E-state index contributed by atoms with van der Waals surface area (Å²) in [4.78, 5) is 25.2. The van der Waals surface area contributed by atoms with Crippen LogP contribution in [-0.4, -0.2) is 30.8 Å². The van der Waals surface area contributed by atoms with Gasteiger partial charge in [-0.3, -0.25) is 9.59 Å².